The van der Waals surface area contributed by atoms with Gasteiger partial charge in [-0.05, 0) is 37.5 Å². The van der Waals surface area contributed by atoms with Gasteiger partial charge in [0.05, 0.1) is 10.5 Å². The summed E-state index contributed by atoms with van der Waals surface area (Å²) in [5.74, 6) is -1.26. The van der Waals surface area contributed by atoms with E-state index in [1.54, 1.807) is 6.07 Å². The molecule has 1 aromatic carbocycles. The molecule has 6 nitrogen and oxygen atoms in total. The smallest absolute Gasteiger partial charge is 0.337 e. The summed E-state index contributed by atoms with van der Waals surface area (Å²) in [5.41, 5.74) is 0.370. The number of aromatic carboxylic acids is 1. The number of hydrogen-bond donors (Lipinski definition) is 2. The molecular formula is C16H24N2O4S. The van der Waals surface area contributed by atoms with Gasteiger partial charge in [-0.3, -0.25) is 0 Å². The fraction of sp³-hybridized carbons (Fsp3) is 0.438. The molecule has 2 N–H and O–H groups in total. The Balaban J connectivity index is 2.88. The molecule has 0 bridgehead atoms. The number of benzene rings is 1. The van der Waals surface area contributed by atoms with Gasteiger partial charge in [0, 0.05) is 26.3 Å². The molecule has 128 valence electrons. The summed E-state index contributed by atoms with van der Waals surface area (Å²) >= 11 is 0. The number of carbonyl (C=O) groups is 1. The van der Waals surface area contributed by atoms with Crippen molar-refractivity contribution < 1.29 is 18.3 Å². The molecule has 0 saturated heterocycles. The summed E-state index contributed by atoms with van der Waals surface area (Å²) in [4.78, 5) is 11.0. The minimum atomic E-state index is -3.82. The molecule has 1 rings (SSSR count). The van der Waals surface area contributed by atoms with Crippen LogP contribution in [-0.4, -0.2) is 44.4 Å². The van der Waals surface area contributed by atoms with Gasteiger partial charge in [0.1, 0.15) is 0 Å². The quantitative estimate of drug-likeness (QED) is 0.505. The van der Waals surface area contributed by atoms with E-state index in [9.17, 15) is 18.3 Å². The second kappa shape index (κ2) is 8.69. The summed E-state index contributed by atoms with van der Waals surface area (Å²) in [5, 5.41) is 12.3. The highest BCUT2D eigenvalue weighted by Crippen LogP contribution is 2.23. The van der Waals surface area contributed by atoms with Crippen LogP contribution in [0.1, 0.15) is 36.0 Å². The molecule has 0 heterocycles. The highest BCUT2D eigenvalue weighted by molar-refractivity contribution is 7.89. The lowest BCUT2D eigenvalue weighted by Crippen LogP contribution is -2.24. The lowest BCUT2D eigenvalue weighted by molar-refractivity contribution is 0.0692. The SMILES string of the molecule is C=CCCCCCNc1ccc(C(=O)O)c(S(=O)(=O)N(C)C)c1. The predicted molar refractivity (Wildman–Crippen MR) is 91.4 cm³/mol. The van der Waals surface area contributed by atoms with Crippen molar-refractivity contribution in [3.05, 3.63) is 36.4 Å². The number of allylic oxidation sites excluding steroid dienone is 1. The number of nitrogens with one attached hydrogen (secondary N) is 1. The zero-order valence-electron chi connectivity index (χ0n) is 13.6. The molecule has 0 amide bonds. The number of anilines is 1. The van der Waals surface area contributed by atoms with Gasteiger partial charge < -0.3 is 10.4 Å². The Kier molecular flexibility index (Phi) is 7.25. The molecule has 1 aromatic rings. The summed E-state index contributed by atoms with van der Waals surface area (Å²) in [7, 11) is -1.06. The Morgan fingerprint density at radius 3 is 2.57 bits per heavy atom. The van der Waals surface area contributed by atoms with Crippen molar-refractivity contribution in [2.45, 2.75) is 30.6 Å². The average molecular weight is 340 g/mol. The van der Waals surface area contributed by atoms with E-state index in [0.717, 1.165) is 30.0 Å². The lowest BCUT2D eigenvalue weighted by Gasteiger charge is -2.15. The molecule has 0 aromatic heterocycles. The molecule has 7 heteroatoms. The van der Waals surface area contributed by atoms with Gasteiger partial charge in [0.25, 0.3) is 0 Å². The summed E-state index contributed by atoms with van der Waals surface area (Å²) < 4.78 is 25.6. The van der Waals surface area contributed by atoms with Gasteiger partial charge in [-0.15, -0.1) is 6.58 Å². The molecule has 0 aliphatic heterocycles. The summed E-state index contributed by atoms with van der Waals surface area (Å²) in [6.45, 7) is 4.37. The summed E-state index contributed by atoms with van der Waals surface area (Å²) in [6.07, 6.45) is 5.94. The molecule has 0 fully saturated rings. The van der Waals surface area contributed by atoms with Crippen LogP contribution in [0.3, 0.4) is 0 Å². The number of carboxylic acids is 1. The van der Waals surface area contributed by atoms with Gasteiger partial charge in [-0.1, -0.05) is 12.5 Å². The first-order valence-corrected chi connectivity index (χ1v) is 8.89. The zero-order chi connectivity index (χ0) is 17.5. The van der Waals surface area contributed by atoms with Crippen molar-refractivity contribution in [1.29, 1.82) is 0 Å². The molecule has 0 saturated carbocycles. The topological polar surface area (TPSA) is 86.7 Å². The fourth-order valence-corrected chi connectivity index (χ4v) is 3.14. The third kappa shape index (κ3) is 5.37. The van der Waals surface area contributed by atoms with Gasteiger partial charge in [-0.25, -0.2) is 17.5 Å². The molecule has 0 radical (unpaired) electrons. The van der Waals surface area contributed by atoms with Gasteiger partial charge >= 0.3 is 5.97 Å². The normalized spacial score (nSPS) is 11.4. The van der Waals surface area contributed by atoms with E-state index >= 15 is 0 Å². The maximum atomic E-state index is 12.3. The maximum Gasteiger partial charge on any atom is 0.337 e. The Hall–Kier alpha value is -1.86. The highest BCUT2D eigenvalue weighted by Gasteiger charge is 2.24. The Morgan fingerprint density at radius 1 is 1.30 bits per heavy atom. The minimum Gasteiger partial charge on any atom is -0.478 e. The average Bonchev–Trinajstić information content (AvgIpc) is 2.50. The van der Waals surface area contributed by atoms with Crippen LogP contribution in [0.25, 0.3) is 0 Å². The molecule has 0 unspecified atom stereocenters. The number of rotatable bonds is 10. The van der Waals surface area contributed by atoms with Crippen molar-refractivity contribution in [2.75, 3.05) is 26.0 Å². The van der Waals surface area contributed by atoms with E-state index in [4.69, 9.17) is 0 Å². The standard InChI is InChI=1S/C16H24N2O4S/c1-4-5-6-7-8-11-17-13-9-10-14(16(19)20)15(12-13)23(21,22)18(2)3/h4,9-10,12,17H,1,5-8,11H2,2-3H3,(H,19,20). The summed E-state index contributed by atoms with van der Waals surface area (Å²) in [6, 6.07) is 4.28. The van der Waals surface area contributed by atoms with Crippen molar-refractivity contribution in [1.82, 2.24) is 4.31 Å². The van der Waals surface area contributed by atoms with Crippen molar-refractivity contribution in [2.24, 2.45) is 0 Å². The molecule has 0 spiro atoms. The van der Waals surface area contributed by atoms with Crippen molar-refractivity contribution in [3.63, 3.8) is 0 Å². The van der Waals surface area contributed by atoms with Crippen LogP contribution < -0.4 is 5.32 Å². The Labute approximate surface area is 137 Å². The number of unbranched alkanes of at least 4 members (excludes halogenated alkanes) is 3. The second-order valence-electron chi connectivity index (χ2n) is 5.37. The minimum absolute atomic E-state index is 0.202. The predicted octanol–water partition coefficient (Wildman–Crippen LogP) is 2.79. The fourth-order valence-electron chi connectivity index (χ4n) is 2.04. The number of nitrogens with zero attached hydrogens (tertiary/aromatic N) is 1. The van der Waals surface area contributed by atoms with Crippen LogP contribution >= 0.6 is 0 Å². The van der Waals surface area contributed by atoms with E-state index in [1.165, 1.54) is 26.2 Å². The van der Waals surface area contributed by atoms with E-state index < -0.39 is 16.0 Å². The second-order valence-corrected chi connectivity index (χ2v) is 7.49. The molecule has 0 aliphatic rings. The number of hydrogen-bond acceptors (Lipinski definition) is 4. The van der Waals surface area contributed by atoms with E-state index in [-0.39, 0.29) is 10.5 Å². The zero-order valence-corrected chi connectivity index (χ0v) is 14.4. The van der Waals surface area contributed by atoms with Crippen LogP contribution in [0.4, 0.5) is 5.69 Å². The Morgan fingerprint density at radius 2 is 2.00 bits per heavy atom. The first-order chi connectivity index (χ1) is 10.8. The molecule has 23 heavy (non-hydrogen) atoms. The molecule has 0 aliphatic carbocycles. The molecular weight excluding hydrogens is 316 g/mol. The monoisotopic (exact) mass is 340 g/mol. The Bertz CT molecular complexity index is 654. The third-order valence-corrected chi connectivity index (χ3v) is 5.24. The lowest BCUT2D eigenvalue weighted by atomic mass is 10.2. The van der Waals surface area contributed by atoms with E-state index in [0.29, 0.717) is 12.2 Å². The van der Waals surface area contributed by atoms with Crippen LogP contribution in [0.5, 0.6) is 0 Å². The highest BCUT2D eigenvalue weighted by atomic mass is 32.2. The van der Waals surface area contributed by atoms with Crippen LogP contribution in [0.2, 0.25) is 0 Å². The number of carboxylic acid groups (broad SMARTS) is 1. The largest absolute Gasteiger partial charge is 0.478 e. The third-order valence-electron chi connectivity index (χ3n) is 3.38. The van der Waals surface area contributed by atoms with Crippen LogP contribution in [-0.2, 0) is 10.0 Å². The first-order valence-electron chi connectivity index (χ1n) is 7.45. The van der Waals surface area contributed by atoms with Crippen molar-refractivity contribution >= 4 is 21.7 Å². The van der Waals surface area contributed by atoms with Gasteiger partial charge in [-0.2, -0.15) is 0 Å². The first kappa shape index (κ1) is 19.2. The van der Waals surface area contributed by atoms with Crippen LogP contribution in [0.15, 0.2) is 35.7 Å². The van der Waals surface area contributed by atoms with Crippen molar-refractivity contribution in [3.8, 4) is 0 Å². The van der Waals surface area contributed by atoms with Gasteiger partial charge in [0.15, 0.2) is 0 Å². The maximum absolute atomic E-state index is 12.3. The van der Waals surface area contributed by atoms with Crippen LogP contribution in [0, 0.1) is 0 Å². The van der Waals surface area contributed by atoms with E-state index in [1.807, 2.05) is 6.08 Å². The number of sulfonamides is 1. The van der Waals surface area contributed by atoms with Gasteiger partial charge in [0.2, 0.25) is 10.0 Å². The van der Waals surface area contributed by atoms with E-state index in [2.05, 4.69) is 11.9 Å². The molecule has 0 atom stereocenters.